The Hall–Kier alpha value is -1.60. The Bertz CT molecular complexity index is 681. The molecule has 1 aliphatic carbocycles. The number of rotatable bonds is 3. The standard InChI is InChI=1S/C15H20N2O4S/c1-10-15(18)16-13-9-12(7-8-14(13)21-10)22(19,20)17-11-5-3-2-4-6-11/h7-11,17H,2-6H2,1H3,(H,16,18). The van der Waals surface area contributed by atoms with Gasteiger partial charge in [0, 0.05) is 6.04 Å². The second-order valence-corrected chi connectivity index (χ2v) is 7.58. The summed E-state index contributed by atoms with van der Waals surface area (Å²) >= 11 is 0. The van der Waals surface area contributed by atoms with Crippen molar-refractivity contribution in [3.05, 3.63) is 18.2 Å². The highest BCUT2D eigenvalue weighted by Crippen LogP contribution is 2.32. The van der Waals surface area contributed by atoms with Crippen LogP contribution < -0.4 is 14.8 Å². The summed E-state index contributed by atoms with van der Waals surface area (Å²) in [6.45, 7) is 1.65. The molecule has 0 bridgehead atoms. The lowest BCUT2D eigenvalue weighted by Gasteiger charge is -2.25. The lowest BCUT2D eigenvalue weighted by atomic mass is 9.96. The van der Waals surface area contributed by atoms with E-state index >= 15 is 0 Å². The maximum absolute atomic E-state index is 12.5. The fourth-order valence-electron chi connectivity index (χ4n) is 2.86. The number of anilines is 1. The molecule has 120 valence electrons. The zero-order valence-corrected chi connectivity index (χ0v) is 13.3. The average Bonchev–Trinajstić information content (AvgIpc) is 2.48. The molecule has 1 aromatic rings. The number of hydrogen-bond donors (Lipinski definition) is 2. The number of nitrogens with one attached hydrogen (secondary N) is 2. The number of benzene rings is 1. The third kappa shape index (κ3) is 3.10. The first-order chi connectivity index (χ1) is 10.5. The third-order valence-electron chi connectivity index (χ3n) is 4.12. The van der Waals surface area contributed by atoms with Crippen LogP contribution in [0.4, 0.5) is 5.69 Å². The number of hydrogen-bond acceptors (Lipinski definition) is 4. The van der Waals surface area contributed by atoms with E-state index in [1.807, 2.05) is 0 Å². The van der Waals surface area contributed by atoms with Crippen molar-refractivity contribution in [2.45, 2.75) is 56.1 Å². The van der Waals surface area contributed by atoms with Crippen molar-refractivity contribution < 1.29 is 17.9 Å². The van der Waals surface area contributed by atoms with Gasteiger partial charge < -0.3 is 10.1 Å². The Labute approximate surface area is 130 Å². The molecule has 1 unspecified atom stereocenters. The second kappa shape index (κ2) is 5.89. The van der Waals surface area contributed by atoms with Crippen LogP contribution in [0.5, 0.6) is 5.75 Å². The van der Waals surface area contributed by atoms with Gasteiger partial charge in [0.1, 0.15) is 5.75 Å². The van der Waals surface area contributed by atoms with Crippen LogP contribution in [0.1, 0.15) is 39.0 Å². The molecule has 1 aromatic carbocycles. The van der Waals surface area contributed by atoms with Crippen LogP contribution in [0.15, 0.2) is 23.1 Å². The van der Waals surface area contributed by atoms with Gasteiger partial charge in [-0.2, -0.15) is 0 Å². The van der Waals surface area contributed by atoms with Gasteiger partial charge in [-0.15, -0.1) is 0 Å². The highest BCUT2D eigenvalue weighted by atomic mass is 32.2. The number of fused-ring (bicyclic) bond motifs is 1. The molecule has 22 heavy (non-hydrogen) atoms. The lowest BCUT2D eigenvalue weighted by molar-refractivity contribution is -0.122. The molecular formula is C15H20N2O4S. The number of amides is 1. The summed E-state index contributed by atoms with van der Waals surface area (Å²) in [7, 11) is -3.58. The predicted molar refractivity (Wildman–Crippen MR) is 82.4 cm³/mol. The van der Waals surface area contributed by atoms with Crippen molar-refractivity contribution in [2.75, 3.05) is 5.32 Å². The minimum absolute atomic E-state index is 0.000598. The quantitative estimate of drug-likeness (QED) is 0.891. The zero-order valence-electron chi connectivity index (χ0n) is 12.5. The normalized spacial score (nSPS) is 22.6. The zero-order chi connectivity index (χ0) is 15.7. The SMILES string of the molecule is CC1Oc2ccc(S(=O)(=O)NC3CCCCC3)cc2NC1=O. The van der Waals surface area contributed by atoms with Crippen molar-refractivity contribution in [1.82, 2.24) is 4.72 Å². The molecule has 1 saturated carbocycles. The first-order valence-electron chi connectivity index (χ1n) is 7.59. The van der Waals surface area contributed by atoms with E-state index in [4.69, 9.17) is 4.74 Å². The Morgan fingerprint density at radius 3 is 2.68 bits per heavy atom. The molecule has 0 spiro atoms. The summed E-state index contributed by atoms with van der Waals surface area (Å²) in [5, 5.41) is 2.67. The summed E-state index contributed by atoms with van der Waals surface area (Å²) in [6.07, 6.45) is 4.45. The summed E-state index contributed by atoms with van der Waals surface area (Å²) in [5.41, 5.74) is 0.398. The smallest absolute Gasteiger partial charge is 0.265 e. The monoisotopic (exact) mass is 324 g/mol. The van der Waals surface area contributed by atoms with Gasteiger partial charge in [0.05, 0.1) is 10.6 Å². The first kappa shape index (κ1) is 15.3. The van der Waals surface area contributed by atoms with Crippen molar-refractivity contribution in [1.29, 1.82) is 0 Å². The summed E-state index contributed by atoms with van der Waals surface area (Å²) in [6, 6.07) is 4.54. The van der Waals surface area contributed by atoms with Gasteiger partial charge in [-0.1, -0.05) is 19.3 Å². The summed E-state index contributed by atoms with van der Waals surface area (Å²) in [4.78, 5) is 11.8. The molecule has 0 aromatic heterocycles. The molecule has 3 rings (SSSR count). The Balaban J connectivity index is 1.82. The molecule has 0 saturated heterocycles. The maximum Gasteiger partial charge on any atom is 0.265 e. The Kier molecular flexibility index (Phi) is 4.10. The van der Waals surface area contributed by atoms with Crippen molar-refractivity contribution >= 4 is 21.6 Å². The predicted octanol–water partition coefficient (Wildman–Crippen LogP) is 2.02. The number of carbonyl (C=O) groups excluding carboxylic acids is 1. The minimum atomic E-state index is -3.58. The first-order valence-corrected chi connectivity index (χ1v) is 9.08. The summed E-state index contributed by atoms with van der Waals surface area (Å²) in [5.74, 6) is 0.214. The van der Waals surface area contributed by atoms with Crippen LogP contribution in [-0.4, -0.2) is 26.5 Å². The van der Waals surface area contributed by atoms with Gasteiger partial charge in [0.15, 0.2) is 6.10 Å². The van der Waals surface area contributed by atoms with Gasteiger partial charge >= 0.3 is 0 Å². The molecule has 1 fully saturated rings. The molecule has 7 heteroatoms. The molecule has 1 atom stereocenters. The van der Waals surface area contributed by atoms with Gasteiger partial charge in [-0.25, -0.2) is 13.1 Å². The van der Waals surface area contributed by atoms with Crippen LogP contribution in [0.25, 0.3) is 0 Å². The van der Waals surface area contributed by atoms with E-state index in [-0.39, 0.29) is 16.8 Å². The largest absolute Gasteiger partial charge is 0.479 e. The third-order valence-corrected chi connectivity index (χ3v) is 5.64. The van der Waals surface area contributed by atoms with Crippen molar-refractivity contribution in [3.63, 3.8) is 0 Å². The van der Waals surface area contributed by atoms with Gasteiger partial charge in [-0.05, 0) is 38.0 Å². The van der Waals surface area contributed by atoms with Gasteiger partial charge in [-0.3, -0.25) is 4.79 Å². The number of carbonyl (C=O) groups is 1. The maximum atomic E-state index is 12.5. The van der Waals surface area contributed by atoms with Crippen LogP contribution in [0.2, 0.25) is 0 Å². The van der Waals surface area contributed by atoms with Crippen molar-refractivity contribution in [2.24, 2.45) is 0 Å². The van der Waals surface area contributed by atoms with E-state index in [0.717, 1.165) is 25.7 Å². The topological polar surface area (TPSA) is 84.5 Å². The fraction of sp³-hybridized carbons (Fsp3) is 0.533. The van der Waals surface area contributed by atoms with E-state index in [1.165, 1.54) is 18.6 Å². The molecule has 2 N–H and O–H groups in total. The Morgan fingerprint density at radius 2 is 1.95 bits per heavy atom. The van der Waals surface area contributed by atoms with E-state index in [0.29, 0.717) is 11.4 Å². The summed E-state index contributed by atoms with van der Waals surface area (Å²) < 4.78 is 33.1. The highest BCUT2D eigenvalue weighted by Gasteiger charge is 2.27. The van der Waals surface area contributed by atoms with E-state index in [1.54, 1.807) is 13.0 Å². The van der Waals surface area contributed by atoms with E-state index in [9.17, 15) is 13.2 Å². The number of sulfonamides is 1. The Morgan fingerprint density at radius 1 is 1.23 bits per heavy atom. The second-order valence-electron chi connectivity index (χ2n) is 5.86. The van der Waals surface area contributed by atoms with Crippen LogP contribution in [0, 0.1) is 0 Å². The van der Waals surface area contributed by atoms with Crippen LogP contribution in [-0.2, 0) is 14.8 Å². The fourth-order valence-corrected chi connectivity index (χ4v) is 4.19. The number of ether oxygens (including phenoxy) is 1. The molecule has 1 heterocycles. The average molecular weight is 324 g/mol. The van der Waals surface area contributed by atoms with Gasteiger partial charge in [0.2, 0.25) is 10.0 Å². The van der Waals surface area contributed by atoms with Crippen molar-refractivity contribution in [3.8, 4) is 5.75 Å². The molecule has 2 aliphatic rings. The van der Waals surface area contributed by atoms with Crippen LogP contribution >= 0.6 is 0 Å². The van der Waals surface area contributed by atoms with E-state index < -0.39 is 16.1 Å². The highest BCUT2D eigenvalue weighted by molar-refractivity contribution is 7.89. The molecule has 1 aliphatic heterocycles. The van der Waals surface area contributed by atoms with E-state index in [2.05, 4.69) is 10.0 Å². The van der Waals surface area contributed by atoms with Gasteiger partial charge in [0.25, 0.3) is 5.91 Å². The van der Waals surface area contributed by atoms with Crippen LogP contribution in [0.3, 0.4) is 0 Å². The molecular weight excluding hydrogens is 304 g/mol. The minimum Gasteiger partial charge on any atom is -0.479 e. The molecule has 1 amide bonds. The molecule has 6 nitrogen and oxygen atoms in total. The molecule has 0 radical (unpaired) electrons. The lowest BCUT2D eigenvalue weighted by Crippen LogP contribution is -2.37.